The number of nitriles is 1. The summed E-state index contributed by atoms with van der Waals surface area (Å²) in [6, 6.07) is 9.14. The summed E-state index contributed by atoms with van der Waals surface area (Å²) in [6.45, 7) is 0. The van der Waals surface area contributed by atoms with Gasteiger partial charge in [-0.15, -0.1) is 0 Å². The molecule has 0 bridgehead atoms. The second-order valence-corrected chi connectivity index (χ2v) is 4.70. The van der Waals surface area contributed by atoms with Crippen LogP contribution in [0.2, 0.25) is 5.02 Å². The van der Waals surface area contributed by atoms with Crippen molar-refractivity contribution in [2.24, 2.45) is 5.73 Å². The van der Waals surface area contributed by atoms with E-state index in [0.717, 1.165) is 0 Å². The standard InChI is InChI=1S/C13H9ClN4S/c14-10-4-2-1-3-7(10)11-8(5-15)12(17)18-13(19)9(11)6-16/h1-4,11,16H,17H2,(H,18,19). The van der Waals surface area contributed by atoms with E-state index in [2.05, 4.69) is 11.2 Å². The van der Waals surface area contributed by atoms with Gasteiger partial charge in [-0.1, -0.05) is 42.0 Å². The Bertz CT molecular complexity index is 680. The van der Waals surface area contributed by atoms with Gasteiger partial charge in [0, 0.05) is 5.02 Å². The molecule has 2 rings (SSSR count). The van der Waals surface area contributed by atoms with Crippen molar-refractivity contribution in [3.05, 3.63) is 51.8 Å². The van der Waals surface area contributed by atoms with Crippen LogP contribution in [0.4, 0.5) is 0 Å². The highest BCUT2D eigenvalue weighted by atomic mass is 35.5. The maximum absolute atomic E-state index is 9.27. The van der Waals surface area contributed by atoms with E-state index < -0.39 is 5.92 Å². The Morgan fingerprint density at radius 3 is 2.68 bits per heavy atom. The molecule has 0 aromatic heterocycles. The molecule has 0 aliphatic carbocycles. The first-order chi connectivity index (χ1) is 9.10. The van der Waals surface area contributed by atoms with Crippen molar-refractivity contribution < 1.29 is 0 Å². The van der Waals surface area contributed by atoms with Crippen molar-refractivity contribution >= 4 is 34.7 Å². The van der Waals surface area contributed by atoms with Crippen molar-refractivity contribution in [2.45, 2.75) is 5.92 Å². The third-order valence-electron chi connectivity index (χ3n) is 2.83. The lowest BCUT2D eigenvalue weighted by Crippen LogP contribution is -2.37. The third kappa shape index (κ3) is 2.25. The monoisotopic (exact) mass is 288 g/mol. The predicted molar refractivity (Wildman–Crippen MR) is 78.0 cm³/mol. The SMILES string of the molecule is N#CC1=C(N)NC(=S)C(=C=N)C1c1ccccc1Cl. The summed E-state index contributed by atoms with van der Waals surface area (Å²) in [4.78, 5) is 0.288. The van der Waals surface area contributed by atoms with Gasteiger partial charge in [0.15, 0.2) is 0 Å². The van der Waals surface area contributed by atoms with Gasteiger partial charge in [-0.2, -0.15) is 5.26 Å². The first-order valence-corrected chi connectivity index (χ1v) is 6.13. The smallest absolute Gasteiger partial charge is 0.118 e. The van der Waals surface area contributed by atoms with E-state index in [0.29, 0.717) is 16.2 Å². The molecule has 1 heterocycles. The van der Waals surface area contributed by atoms with Crippen LogP contribution in [0, 0.1) is 16.7 Å². The fourth-order valence-electron chi connectivity index (χ4n) is 1.96. The zero-order chi connectivity index (χ0) is 14.0. The number of nitrogens with one attached hydrogen (secondary N) is 2. The molecule has 19 heavy (non-hydrogen) atoms. The van der Waals surface area contributed by atoms with Crippen molar-refractivity contribution in [2.75, 3.05) is 0 Å². The summed E-state index contributed by atoms with van der Waals surface area (Å²) in [7, 11) is 0. The zero-order valence-corrected chi connectivity index (χ0v) is 11.3. The predicted octanol–water partition coefficient (Wildman–Crippen LogP) is 2.22. The van der Waals surface area contributed by atoms with E-state index in [-0.39, 0.29) is 16.4 Å². The number of hydrogen-bond acceptors (Lipinski definition) is 4. The van der Waals surface area contributed by atoms with Gasteiger partial charge < -0.3 is 11.1 Å². The lowest BCUT2D eigenvalue weighted by Gasteiger charge is -2.26. The molecule has 0 saturated heterocycles. The second-order valence-electron chi connectivity index (χ2n) is 3.89. The molecule has 0 amide bonds. The van der Waals surface area contributed by atoms with E-state index >= 15 is 0 Å². The quantitative estimate of drug-likeness (QED) is 0.420. The number of thiocarbonyl (C=S) groups is 1. The van der Waals surface area contributed by atoms with Crippen LogP contribution in [0.5, 0.6) is 0 Å². The topological polar surface area (TPSA) is 85.7 Å². The molecule has 1 aromatic rings. The fraction of sp³-hybridized carbons (Fsp3) is 0.0769. The molecule has 1 unspecified atom stereocenters. The Morgan fingerprint density at radius 1 is 1.42 bits per heavy atom. The van der Waals surface area contributed by atoms with E-state index in [1.165, 1.54) is 0 Å². The molecule has 0 fully saturated rings. The van der Waals surface area contributed by atoms with Gasteiger partial charge in [-0.05, 0) is 17.5 Å². The van der Waals surface area contributed by atoms with Crippen molar-refractivity contribution in [1.82, 2.24) is 5.32 Å². The first kappa shape index (κ1) is 13.3. The molecular formula is C13H9ClN4S. The van der Waals surface area contributed by atoms with Gasteiger partial charge in [0.2, 0.25) is 0 Å². The van der Waals surface area contributed by atoms with Crippen LogP contribution in [-0.2, 0) is 0 Å². The third-order valence-corrected chi connectivity index (χ3v) is 3.50. The number of halogens is 1. The molecular weight excluding hydrogens is 280 g/mol. The highest BCUT2D eigenvalue weighted by Gasteiger charge is 2.32. The number of nitrogens with two attached hydrogens (primary N) is 1. The molecule has 94 valence electrons. The van der Waals surface area contributed by atoms with Gasteiger partial charge in [0.05, 0.1) is 23.1 Å². The molecule has 6 heteroatoms. The average Bonchev–Trinajstić information content (AvgIpc) is 2.38. The Kier molecular flexibility index (Phi) is 3.68. The Balaban J connectivity index is 2.72. The summed E-state index contributed by atoms with van der Waals surface area (Å²) >= 11 is 11.3. The lowest BCUT2D eigenvalue weighted by atomic mass is 9.83. The summed E-state index contributed by atoms with van der Waals surface area (Å²) in [5.74, 6) is 1.92. The van der Waals surface area contributed by atoms with Gasteiger partial charge >= 0.3 is 0 Å². The lowest BCUT2D eigenvalue weighted by molar-refractivity contribution is 0.896. The zero-order valence-electron chi connectivity index (χ0n) is 9.70. The average molecular weight is 289 g/mol. The van der Waals surface area contributed by atoms with Gasteiger partial charge in [-0.3, -0.25) is 5.41 Å². The Labute approximate surface area is 120 Å². The molecule has 4 nitrogen and oxygen atoms in total. The van der Waals surface area contributed by atoms with Crippen molar-refractivity contribution in [3.63, 3.8) is 0 Å². The fourth-order valence-corrected chi connectivity index (χ4v) is 2.49. The van der Waals surface area contributed by atoms with Gasteiger partial charge in [0.25, 0.3) is 0 Å². The van der Waals surface area contributed by atoms with Crippen molar-refractivity contribution in [1.29, 1.82) is 10.7 Å². The molecule has 1 aromatic carbocycles. The minimum atomic E-state index is -0.551. The number of rotatable bonds is 1. The van der Waals surface area contributed by atoms with Crippen LogP contribution < -0.4 is 11.1 Å². The van der Waals surface area contributed by atoms with Crippen molar-refractivity contribution in [3.8, 4) is 6.07 Å². The van der Waals surface area contributed by atoms with E-state index in [4.69, 9.17) is 35.0 Å². The summed E-state index contributed by atoms with van der Waals surface area (Å²) in [5, 5.41) is 19.8. The minimum absolute atomic E-state index is 0.191. The van der Waals surface area contributed by atoms with Crippen LogP contribution in [-0.4, -0.2) is 10.9 Å². The van der Waals surface area contributed by atoms with E-state index in [1.54, 1.807) is 24.3 Å². The Morgan fingerprint density at radius 2 is 2.11 bits per heavy atom. The largest absolute Gasteiger partial charge is 0.384 e. The van der Waals surface area contributed by atoms with Crippen LogP contribution in [0.15, 0.2) is 41.2 Å². The molecule has 0 spiro atoms. The molecule has 0 radical (unpaired) electrons. The highest BCUT2D eigenvalue weighted by Crippen LogP contribution is 2.37. The minimum Gasteiger partial charge on any atom is -0.384 e. The van der Waals surface area contributed by atoms with Crippen LogP contribution in [0.25, 0.3) is 0 Å². The maximum Gasteiger partial charge on any atom is 0.118 e. The van der Waals surface area contributed by atoms with Gasteiger partial charge in [-0.25, -0.2) is 0 Å². The van der Waals surface area contributed by atoms with Gasteiger partial charge in [0.1, 0.15) is 10.8 Å². The maximum atomic E-state index is 9.27. The molecule has 1 atom stereocenters. The molecule has 0 saturated carbocycles. The summed E-state index contributed by atoms with van der Waals surface area (Å²) < 4.78 is 0. The van der Waals surface area contributed by atoms with Crippen LogP contribution in [0.1, 0.15) is 11.5 Å². The number of benzene rings is 1. The first-order valence-electron chi connectivity index (χ1n) is 5.35. The summed E-state index contributed by atoms with van der Waals surface area (Å²) in [6.07, 6.45) is 0. The molecule has 4 N–H and O–H groups in total. The van der Waals surface area contributed by atoms with Crippen LogP contribution >= 0.6 is 23.8 Å². The number of nitrogens with zero attached hydrogens (tertiary/aromatic N) is 1. The van der Waals surface area contributed by atoms with Crippen LogP contribution in [0.3, 0.4) is 0 Å². The summed E-state index contributed by atoms with van der Waals surface area (Å²) in [5.41, 5.74) is 7.14. The van der Waals surface area contributed by atoms with E-state index in [1.807, 2.05) is 6.07 Å². The second kappa shape index (κ2) is 5.25. The molecule has 1 aliphatic heterocycles. The normalized spacial score (nSPS) is 18.6. The number of allylic oxidation sites excluding steroid dienone is 1. The highest BCUT2D eigenvalue weighted by molar-refractivity contribution is 7.80. The Hall–Kier alpha value is -2.12. The number of hydrogen-bond donors (Lipinski definition) is 3. The molecule has 1 aliphatic rings. The van der Waals surface area contributed by atoms with E-state index in [9.17, 15) is 5.26 Å².